The van der Waals surface area contributed by atoms with Crippen molar-refractivity contribution in [1.29, 1.82) is 0 Å². The average Bonchev–Trinajstić information content (AvgIpc) is 3.01. The van der Waals surface area contributed by atoms with Crippen LogP contribution in [0.1, 0.15) is 24.2 Å². The van der Waals surface area contributed by atoms with Gasteiger partial charge in [-0.2, -0.15) is 0 Å². The zero-order valence-corrected chi connectivity index (χ0v) is 15.5. The molecule has 0 saturated heterocycles. The van der Waals surface area contributed by atoms with Gasteiger partial charge in [0.25, 0.3) is 0 Å². The van der Waals surface area contributed by atoms with Gasteiger partial charge in [0.15, 0.2) is 5.58 Å². The fourth-order valence-electron chi connectivity index (χ4n) is 3.64. The standard InChI is InChI=1S/C19H21N5O3/c1-12(24-15-6-4-5-7-16(15)27-19(24)26)18(25)23-9-8-13-14(10-23)20-11-21-17(13)22(2)3/h4-7,11-12H,8-10H2,1-3H3/t12-/m1/s1. The lowest BCUT2D eigenvalue weighted by molar-refractivity contribution is -0.135. The maximum absolute atomic E-state index is 13.1. The number of carbonyl (C=O) groups excluding carboxylic acids is 1. The van der Waals surface area contributed by atoms with Crippen LogP contribution < -0.4 is 10.7 Å². The number of hydrogen-bond acceptors (Lipinski definition) is 6. The van der Waals surface area contributed by atoms with Crippen LogP contribution in [0, 0.1) is 0 Å². The van der Waals surface area contributed by atoms with Gasteiger partial charge in [-0.05, 0) is 25.5 Å². The first-order chi connectivity index (χ1) is 13.0. The maximum atomic E-state index is 13.1. The van der Waals surface area contributed by atoms with Gasteiger partial charge in [0.2, 0.25) is 5.91 Å². The molecule has 1 amide bonds. The molecular weight excluding hydrogens is 346 g/mol. The minimum Gasteiger partial charge on any atom is -0.408 e. The Morgan fingerprint density at radius 3 is 2.81 bits per heavy atom. The van der Waals surface area contributed by atoms with Gasteiger partial charge in [0, 0.05) is 26.2 Å². The first kappa shape index (κ1) is 17.3. The van der Waals surface area contributed by atoms with Gasteiger partial charge in [-0.15, -0.1) is 0 Å². The van der Waals surface area contributed by atoms with E-state index in [-0.39, 0.29) is 5.91 Å². The van der Waals surface area contributed by atoms with Crippen LogP contribution in [-0.2, 0) is 17.8 Å². The smallest absolute Gasteiger partial charge is 0.408 e. The monoisotopic (exact) mass is 367 g/mol. The van der Waals surface area contributed by atoms with Crippen LogP contribution in [-0.4, -0.2) is 46.0 Å². The van der Waals surface area contributed by atoms with Crippen LogP contribution in [0.4, 0.5) is 5.82 Å². The van der Waals surface area contributed by atoms with E-state index in [9.17, 15) is 9.59 Å². The van der Waals surface area contributed by atoms with Crippen LogP contribution in [0.15, 0.2) is 39.8 Å². The highest BCUT2D eigenvalue weighted by molar-refractivity contribution is 5.83. The lowest BCUT2D eigenvalue weighted by Gasteiger charge is -2.31. The van der Waals surface area contributed by atoms with Crippen LogP contribution in [0.3, 0.4) is 0 Å². The predicted octanol–water partition coefficient (Wildman–Crippen LogP) is 1.60. The number of oxazole rings is 1. The van der Waals surface area contributed by atoms with Gasteiger partial charge in [-0.3, -0.25) is 9.36 Å². The number of para-hydroxylation sites is 2. The van der Waals surface area contributed by atoms with Crippen molar-refractivity contribution in [3.8, 4) is 0 Å². The molecule has 0 fully saturated rings. The first-order valence-electron chi connectivity index (χ1n) is 8.86. The Hall–Kier alpha value is -3.16. The fraction of sp³-hybridized carbons (Fsp3) is 0.368. The van der Waals surface area contributed by atoms with E-state index in [1.165, 1.54) is 10.9 Å². The van der Waals surface area contributed by atoms with Crippen LogP contribution in [0.2, 0.25) is 0 Å². The van der Waals surface area contributed by atoms with Crippen molar-refractivity contribution < 1.29 is 9.21 Å². The Bertz CT molecular complexity index is 1070. The molecule has 3 aromatic rings. The number of amides is 1. The van der Waals surface area contributed by atoms with Crippen LogP contribution >= 0.6 is 0 Å². The van der Waals surface area contributed by atoms with E-state index in [0.717, 1.165) is 17.1 Å². The second-order valence-electron chi connectivity index (χ2n) is 6.91. The molecular formula is C19H21N5O3. The third-order valence-electron chi connectivity index (χ3n) is 4.98. The van der Waals surface area contributed by atoms with E-state index in [1.807, 2.05) is 25.1 Å². The lowest BCUT2D eigenvalue weighted by atomic mass is 10.0. The zero-order valence-electron chi connectivity index (χ0n) is 15.5. The van der Waals surface area contributed by atoms with Crippen LogP contribution in [0.25, 0.3) is 11.1 Å². The lowest BCUT2D eigenvalue weighted by Crippen LogP contribution is -2.42. The number of hydrogen-bond donors (Lipinski definition) is 0. The van der Waals surface area contributed by atoms with Gasteiger partial charge in [0.1, 0.15) is 18.2 Å². The number of carbonyl (C=O) groups is 1. The molecule has 8 nitrogen and oxygen atoms in total. The minimum atomic E-state index is -0.655. The molecule has 1 aliphatic heterocycles. The van der Waals surface area contributed by atoms with Crippen molar-refractivity contribution in [3.63, 3.8) is 0 Å². The number of fused-ring (bicyclic) bond motifs is 2. The predicted molar refractivity (Wildman–Crippen MR) is 101 cm³/mol. The van der Waals surface area contributed by atoms with Crippen molar-refractivity contribution >= 4 is 22.8 Å². The Labute approximate surface area is 156 Å². The molecule has 4 rings (SSSR count). The second kappa shape index (κ2) is 6.53. The summed E-state index contributed by atoms with van der Waals surface area (Å²) < 4.78 is 6.68. The van der Waals surface area contributed by atoms with E-state index in [1.54, 1.807) is 30.0 Å². The molecule has 1 atom stereocenters. The summed E-state index contributed by atoms with van der Waals surface area (Å²) in [6, 6.07) is 6.47. The highest BCUT2D eigenvalue weighted by atomic mass is 16.4. The van der Waals surface area contributed by atoms with E-state index in [2.05, 4.69) is 9.97 Å². The van der Waals surface area contributed by atoms with Crippen molar-refractivity contribution in [2.45, 2.75) is 25.9 Å². The molecule has 27 heavy (non-hydrogen) atoms. The number of nitrogens with zero attached hydrogens (tertiary/aromatic N) is 5. The molecule has 0 bridgehead atoms. The topological polar surface area (TPSA) is 84.5 Å². The van der Waals surface area contributed by atoms with Gasteiger partial charge in [0.05, 0.1) is 17.8 Å². The zero-order chi connectivity index (χ0) is 19.1. The Balaban J connectivity index is 1.63. The average molecular weight is 367 g/mol. The molecule has 8 heteroatoms. The Morgan fingerprint density at radius 1 is 1.26 bits per heavy atom. The second-order valence-corrected chi connectivity index (χ2v) is 6.91. The molecule has 1 aromatic carbocycles. The summed E-state index contributed by atoms with van der Waals surface area (Å²) in [4.78, 5) is 37.8. The minimum absolute atomic E-state index is 0.126. The van der Waals surface area contributed by atoms with Crippen LogP contribution in [0.5, 0.6) is 0 Å². The largest absolute Gasteiger partial charge is 0.420 e. The van der Waals surface area contributed by atoms with Gasteiger partial charge in [-0.25, -0.2) is 14.8 Å². The molecule has 2 aromatic heterocycles. The maximum Gasteiger partial charge on any atom is 0.420 e. The van der Waals surface area contributed by atoms with Crippen molar-refractivity contribution in [2.24, 2.45) is 0 Å². The SMILES string of the molecule is C[C@H](C(=O)N1CCc2c(ncnc2N(C)C)C1)n1c(=O)oc2ccccc21. The van der Waals surface area contributed by atoms with E-state index in [0.29, 0.717) is 30.6 Å². The molecule has 0 spiro atoms. The molecule has 1 aliphatic rings. The summed E-state index contributed by atoms with van der Waals surface area (Å²) in [5.74, 6) is 0.239. The third kappa shape index (κ3) is 2.87. The normalized spacial score (nSPS) is 14.9. The van der Waals surface area contributed by atoms with E-state index in [4.69, 9.17) is 4.42 Å². The highest BCUT2D eigenvalue weighted by Crippen LogP contribution is 2.26. The van der Waals surface area contributed by atoms with E-state index >= 15 is 0 Å². The van der Waals surface area contributed by atoms with Gasteiger partial charge in [-0.1, -0.05) is 12.1 Å². The van der Waals surface area contributed by atoms with Gasteiger partial charge >= 0.3 is 5.76 Å². The summed E-state index contributed by atoms with van der Waals surface area (Å²) in [5.41, 5.74) is 3.03. The summed E-state index contributed by atoms with van der Waals surface area (Å²) in [7, 11) is 3.89. The molecule has 0 radical (unpaired) electrons. The number of benzene rings is 1. The molecule has 0 N–H and O–H groups in total. The quantitative estimate of drug-likeness (QED) is 0.699. The molecule has 0 saturated carbocycles. The molecule has 140 valence electrons. The summed E-state index contributed by atoms with van der Waals surface area (Å²) in [5, 5.41) is 0. The highest BCUT2D eigenvalue weighted by Gasteiger charge is 2.30. The molecule has 0 aliphatic carbocycles. The fourth-order valence-corrected chi connectivity index (χ4v) is 3.64. The van der Waals surface area contributed by atoms with Crippen molar-refractivity contribution in [2.75, 3.05) is 25.5 Å². The van der Waals surface area contributed by atoms with E-state index < -0.39 is 11.8 Å². The van der Waals surface area contributed by atoms with Crippen molar-refractivity contribution in [3.05, 3.63) is 52.4 Å². The molecule has 3 heterocycles. The first-order valence-corrected chi connectivity index (χ1v) is 8.86. The van der Waals surface area contributed by atoms with Crippen molar-refractivity contribution in [1.82, 2.24) is 19.4 Å². The van der Waals surface area contributed by atoms with Gasteiger partial charge < -0.3 is 14.2 Å². The number of rotatable bonds is 3. The summed E-state index contributed by atoms with van der Waals surface area (Å²) >= 11 is 0. The third-order valence-corrected chi connectivity index (χ3v) is 4.98. The number of aromatic nitrogens is 3. The Morgan fingerprint density at radius 2 is 2.04 bits per heavy atom. The summed E-state index contributed by atoms with van der Waals surface area (Å²) in [6.07, 6.45) is 2.21. The summed E-state index contributed by atoms with van der Waals surface area (Å²) in [6.45, 7) is 2.70. The Kier molecular flexibility index (Phi) is 4.18. The molecule has 0 unspecified atom stereocenters. The number of anilines is 1.